The summed E-state index contributed by atoms with van der Waals surface area (Å²) < 4.78 is 7.16. The Kier molecular flexibility index (Phi) is 6.73. The average molecular weight is 393 g/mol. The second-order valence-electron chi connectivity index (χ2n) is 5.94. The Labute approximate surface area is 161 Å². The Morgan fingerprint density at radius 3 is 2.88 bits per heavy atom. The number of aliphatic hydroxyl groups excluding tert-OH is 1. The largest absolute Gasteiger partial charge is 0.472 e. The summed E-state index contributed by atoms with van der Waals surface area (Å²) in [4.78, 5) is 2.15. The first-order valence-electron chi connectivity index (χ1n) is 8.31. The van der Waals surface area contributed by atoms with E-state index < -0.39 is 0 Å². The molecule has 0 aliphatic carbocycles. The Balaban J connectivity index is 1.84. The summed E-state index contributed by atoms with van der Waals surface area (Å²) in [5, 5.41) is 19.2. The molecule has 0 bridgehead atoms. The van der Waals surface area contributed by atoms with E-state index in [-0.39, 0.29) is 6.61 Å². The Morgan fingerprint density at radius 1 is 1.27 bits per heavy atom. The van der Waals surface area contributed by atoms with Gasteiger partial charge in [0.15, 0.2) is 11.0 Å². The van der Waals surface area contributed by atoms with Crippen molar-refractivity contribution < 1.29 is 9.52 Å². The van der Waals surface area contributed by atoms with E-state index in [0.29, 0.717) is 18.0 Å². The third-order valence-electron chi connectivity index (χ3n) is 3.74. The first-order chi connectivity index (χ1) is 12.7. The first kappa shape index (κ1) is 19.0. The minimum absolute atomic E-state index is 0.165. The lowest BCUT2D eigenvalue weighted by Crippen LogP contribution is -2.19. The van der Waals surface area contributed by atoms with E-state index in [1.807, 2.05) is 41.9 Å². The lowest BCUT2D eigenvalue weighted by atomic mass is 10.3. The molecular weight excluding hydrogens is 372 g/mol. The average Bonchev–Trinajstić information content (AvgIpc) is 3.25. The van der Waals surface area contributed by atoms with Gasteiger partial charge in [-0.15, -0.1) is 10.2 Å². The van der Waals surface area contributed by atoms with Gasteiger partial charge in [0.25, 0.3) is 0 Å². The van der Waals surface area contributed by atoms with Gasteiger partial charge in [0.1, 0.15) is 0 Å². The van der Waals surface area contributed by atoms with Gasteiger partial charge in [0, 0.05) is 29.5 Å². The summed E-state index contributed by atoms with van der Waals surface area (Å²) in [5.41, 5.74) is 2.04. The maximum Gasteiger partial charge on any atom is 0.195 e. The summed E-state index contributed by atoms with van der Waals surface area (Å²) in [6.45, 7) is 1.55. The molecule has 0 aliphatic rings. The van der Waals surface area contributed by atoms with Crippen LogP contribution in [0.3, 0.4) is 0 Å². The van der Waals surface area contributed by atoms with Crippen LogP contribution in [0.2, 0.25) is 5.02 Å². The van der Waals surface area contributed by atoms with E-state index in [0.717, 1.165) is 34.5 Å². The van der Waals surface area contributed by atoms with Gasteiger partial charge in [-0.2, -0.15) is 0 Å². The molecule has 0 aliphatic heterocycles. The molecule has 138 valence electrons. The van der Waals surface area contributed by atoms with Crippen molar-refractivity contribution in [1.29, 1.82) is 0 Å². The molecule has 0 unspecified atom stereocenters. The van der Waals surface area contributed by atoms with Gasteiger partial charge in [0.2, 0.25) is 0 Å². The molecule has 2 heterocycles. The molecule has 3 aromatic rings. The lowest BCUT2D eigenvalue weighted by Gasteiger charge is -2.17. The summed E-state index contributed by atoms with van der Waals surface area (Å²) >= 11 is 7.76. The molecule has 0 atom stereocenters. The highest BCUT2D eigenvalue weighted by Gasteiger charge is 2.16. The maximum absolute atomic E-state index is 9.03. The lowest BCUT2D eigenvalue weighted by molar-refractivity contribution is 0.296. The number of rotatable bonds is 9. The van der Waals surface area contributed by atoms with Crippen molar-refractivity contribution >= 4 is 23.4 Å². The number of aromatic nitrogens is 3. The van der Waals surface area contributed by atoms with Crippen molar-refractivity contribution in [3.05, 3.63) is 59.3 Å². The van der Waals surface area contributed by atoms with E-state index in [1.54, 1.807) is 24.3 Å². The Bertz CT molecular complexity index is 822. The standard InChI is InChI=1S/C18H21ClN4O2S/c1-22(11-14-6-8-25-13-14)12-17-20-21-18(26-9-3-7-24)23(17)16-5-2-4-15(19)10-16/h2,4-6,8,10,13,24H,3,7,9,11-12H2,1H3. The second-order valence-corrected chi connectivity index (χ2v) is 7.44. The topological polar surface area (TPSA) is 67.3 Å². The first-order valence-corrected chi connectivity index (χ1v) is 9.67. The molecule has 1 N–H and O–H groups in total. The SMILES string of the molecule is CN(Cc1ccoc1)Cc1nnc(SCCCO)n1-c1cccc(Cl)c1. The summed E-state index contributed by atoms with van der Waals surface area (Å²) in [6.07, 6.45) is 4.13. The van der Waals surface area contributed by atoms with Crippen molar-refractivity contribution in [2.75, 3.05) is 19.4 Å². The fourth-order valence-corrected chi connectivity index (χ4v) is 3.67. The fraction of sp³-hybridized carbons (Fsp3) is 0.333. The number of aliphatic hydroxyl groups is 1. The zero-order valence-electron chi connectivity index (χ0n) is 14.5. The van der Waals surface area contributed by atoms with E-state index >= 15 is 0 Å². The van der Waals surface area contributed by atoms with Crippen LogP contribution in [0.1, 0.15) is 17.8 Å². The van der Waals surface area contributed by atoms with Crippen LogP contribution in [-0.2, 0) is 13.1 Å². The van der Waals surface area contributed by atoms with Crippen molar-refractivity contribution in [3.8, 4) is 5.69 Å². The maximum atomic E-state index is 9.03. The van der Waals surface area contributed by atoms with E-state index in [2.05, 4.69) is 15.1 Å². The van der Waals surface area contributed by atoms with Gasteiger partial charge in [-0.25, -0.2) is 0 Å². The molecule has 0 amide bonds. The van der Waals surface area contributed by atoms with Crippen LogP contribution in [-0.4, -0.2) is 44.2 Å². The summed E-state index contributed by atoms with van der Waals surface area (Å²) in [5.74, 6) is 1.62. The molecule has 3 rings (SSSR count). The van der Waals surface area contributed by atoms with Crippen LogP contribution in [0.5, 0.6) is 0 Å². The van der Waals surface area contributed by atoms with Crippen molar-refractivity contribution in [1.82, 2.24) is 19.7 Å². The second kappa shape index (κ2) is 9.23. The number of thioether (sulfide) groups is 1. The third-order valence-corrected chi connectivity index (χ3v) is 4.99. The predicted molar refractivity (Wildman–Crippen MR) is 103 cm³/mol. The molecule has 0 spiro atoms. The predicted octanol–water partition coefficient (Wildman–Crippen LogP) is 3.62. The van der Waals surface area contributed by atoms with Gasteiger partial charge in [-0.05, 0) is 37.7 Å². The fourth-order valence-electron chi connectivity index (χ4n) is 2.59. The molecule has 6 nitrogen and oxygen atoms in total. The van der Waals surface area contributed by atoms with Crippen LogP contribution >= 0.6 is 23.4 Å². The van der Waals surface area contributed by atoms with Gasteiger partial charge in [-0.3, -0.25) is 9.47 Å². The minimum atomic E-state index is 0.165. The highest BCUT2D eigenvalue weighted by molar-refractivity contribution is 7.99. The molecule has 0 saturated heterocycles. The van der Waals surface area contributed by atoms with E-state index in [9.17, 15) is 0 Å². The van der Waals surface area contributed by atoms with E-state index in [4.69, 9.17) is 21.1 Å². The monoisotopic (exact) mass is 392 g/mol. The van der Waals surface area contributed by atoms with Crippen LogP contribution in [0.4, 0.5) is 0 Å². The molecular formula is C18H21ClN4O2S. The molecule has 0 saturated carbocycles. The smallest absolute Gasteiger partial charge is 0.195 e. The van der Waals surface area contributed by atoms with Gasteiger partial charge >= 0.3 is 0 Å². The molecule has 0 fully saturated rings. The number of halogens is 1. The molecule has 2 aromatic heterocycles. The zero-order chi connectivity index (χ0) is 18.4. The number of hydrogen-bond donors (Lipinski definition) is 1. The summed E-state index contributed by atoms with van der Waals surface area (Å²) in [7, 11) is 2.03. The normalized spacial score (nSPS) is 11.4. The quantitative estimate of drug-likeness (QED) is 0.443. The van der Waals surface area contributed by atoms with Gasteiger partial charge in [0.05, 0.1) is 24.8 Å². The van der Waals surface area contributed by atoms with Gasteiger partial charge < -0.3 is 9.52 Å². The van der Waals surface area contributed by atoms with Crippen molar-refractivity contribution in [2.45, 2.75) is 24.7 Å². The highest BCUT2D eigenvalue weighted by atomic mass is 35.5. The molecule has 26 heavy (non-hydrogen) atoms. The number of hydrogen-bond acceptors (Lipinski definition) is 6. The van der Waals surface area contributed by atoms with Crippen molar-refractivity contribution in [2.24, 2.45) is 0 Å². The number of furan rings is 1. The molecule has 1 aromatic carbocycles. The minimum Gasteiger partial charge on any atom is -0.472 e. The van der Waals surface area contributed by atoms with E-state index in [1.165, 1.54) is 0 Å². The molecule has 8 heteroatoms. The van der Waals surface area contributed by atoms with Crippen LogP contribution in [0, 0.1) is 0 Å². The highest BCUT2D eigenvalue weighted by Crippen LogP contribution is 2.25. The summed E-state index contributed by atoms with van der Waals surface area (Å²) in [6, 6.07) is 9.61. The zero-order valence-corrected chi connectivity index (χ0v) is 16.1. The van der Waals surface area contributed by atoms with Crippen molar-refractivity contribution in [3.63, 3.8) is 0 Å². The molecule has 0 radical (unpaired) electrons. The number of benzene rings is 1. The third kappa shape index (κ3) is 4.88. The van der Waals surface area contributed by atoms with Crippen LogP contribution in [0.15, 0.2) is 52.4 Å². The van der Waals surface area contributed by atoms with Crippen LogP contribution in [0.25, 0.3) is 5.69 Å². The number of nitrogens with zero attached hydrogens (tertiary/aromatic N) is 4. The van der Waals surface area contributed by atoms with Crippen LogP contribution < -0.4 is 0 Å². The Hall–Kier alpha value is -1.80. The Morgan fingerprint density at radius 2 is 2.15 bits per heavy atom. The van der Waals surface area contributed by atoms with Gasteiger partial charge in [-0.1, -0.05) is 29.4 Å².